The van der Waals surface area contributed by atoms with Gasteiger partial charge in [0.25, 0.3) is 11.6 Å². The zero-order chi connectivity index (χ0) is 18.5. The molecule has 2 aromatic carbocycles. The maximum atomic E-state index is 12.8. The monoisotopic (exact) mass is 365 g/mol. The normalized spacial score (nSPS) is 11.1. The van der Waals surface area contributed by atoms with Crippen LogP contribution in [0.15, 0.2) is 72.4 Å². The molecular formula is C19H15N3O3S. The van der Waals surface area contributed by atoms with Crippen molar-refractivity contribution in [3.63, 3.8) is 0 Å². The summed E-state index contributed by atoms with van der Waals surface area (Å²) in [7, 11) is 0. The number of carbonyl (C=O) groups excluding carboxylic acids is 1. The predicted octanol–water partition coefficient (Wildman–Crippen LogP) is 4.58. The third-order valence-corrected chi connectivity index (χ3v) is 4.51. The third-order valence-electron chi connectivity index (χ3n) is 3.58. The Bertz CT molecular complexity index is 1020. The lowest BCUT2D eigenvalue weighted by Gasteiger charge is -2.03. The van der Waals surface area contributed by atoms with E-state index in [-0.39, 0.29) is 11.6 Å². The Hall–Kier alpha value is -3.19. The van der Waals surface area contributed by atoms with Crippen LogP contribution in [0.3, 0.4) is 0 Å². The molecule has 6 nitrogen and oxygen atoms in total. The van der Waals surface area contributed by atoms with Gasteiger partial charge in [-0.25, -0.2) is 4.98 Å². The van der Waals surface area contributed by atoms with Crippen LogP contribution >= 0.6 is 11.8 Å². The van der Waals surface area contributed by atoms with Crippen LogP contribution in [0, 0.1) is 10.1 Å². The van der Waals surface area contributed by atoms with Gasteiger partial charge in [-0.05, 0) is 23.8 Å². The van der Waals surface area contributed by atoms with Crippen molar-refractivity contribution in [3.05, 3.63) is 82.9 Å². The Morgan fingerprint density at radius 1 is 1.27 bits per heavy atom. The van der Waals surface area contributed by atoms with Crippen LogP contribution < -0.4 is 0 Å². The number of nitro groups is 1. The standard InChI is InChI=1S/C19H15N3O3S/c1-2-12-26-19-20-16-8-3-4-9-17(16)21(19)18(23)11-10-14-6-5-7-15(13-14)22(24)25/h2-11,13H,1,12H2/b11-10+. The second-order valence-corrected chi connectivity index (χ2v) is 6.33. The molecule has 3 rings (SSSR count). The summed E-state index contributed by atoms with van der Waals surface area (Å²) in [6, 6.07) is 13.5. The van der Waals surface area contributed by atoms with Crippen molar-refractivity contribution in [1.82, 2.24) is 9.55 Å². The molecule has 1 heterocycles. The number of thioether (sulfide) groups is 1. The third kappa shape index (κ3) is 3.73. The first kappa shape index (κ1) is 17.6. The summed E-state index contributed by atoms with van der Waals surface area (Å²) in [5, 5.41) is 11.4. The van der Waals surface area contributed by atoms with E-state index in [1.165, 1.54) is 34.5 Å². The first-order chi connectivity index (χ1) is 12.6. The van der Waals surface area contributed by atoms with Crippen LogP contribution in [0.25, 0.3) is 17.1 Å². The number of benzene rings is 2. The van der Waals surface area contributed by atoms with Gasteiger partial charge in [-0.1, -0.05) is 42.1 Å². The number of nitro benzene ring substituents is 1. The molecule has 1 aromatic heterocycles. The smallest absolute Gasteiger partial charge is 0.269 e. The Balaban J connectivity index is 1.95. The summed E-state index contributed by atoms with van der Waals surface area (Å²) in [4.78, 5) is 27.7. The zero-order valence-electron chi connectivity index (χ0n) is 13.7. The van der Waals surface area contributed by atoms with Crippen LogP contribution in [0.1, 0.15) is 10.4 Å². The molecule has 0 bridgehead atoms. The molecule has 0 saturated carbocycles. The Labute approximate surface area is 154 Å². The molecule has 3 aromatic rings. The van der Waals surface area contributed by atoms with Crippen molar-refractivity contribution in [2.45, 2.75) is 5.16 Å². The number of imidazole rings is 1. The second kappa shape index (κ2) is 7.79. The molecular weight excluding hydrogens is 350 g/mol. The first-order valence-corrected chi connectivity index (χ1v) is 8.77. The molecule has 0 fully saturated rings. The van der Waals surface area contributed by atoms with Gasteiger partial charge >= 0.3 is 0 Å². The number of hydrogen-bond donors (Lipinski definition) is 0. The van der Waals surface area contributed by atoms with E-state index in [1.54, 1.807) is 24.3 Å². The molecule has 0 aliphatic heterocycles. The van der Waals surface area contributed by atoms with Gasteiger partial charge in [-0.2, -0.15) is 0 Å². The average Bonchev–Trinajstić information content (AvgIpc) is 3.03. The highest BCUT2D eigenvalue weighted by Crippen LogP contribution is 2.24. The Morgan fingerprint density at radius 3 is 2.85 bits per heavy atom. The van der Waals surface area contributed by atoms with E-state index in [1.807, 2.05) is 24.3 Å². The molecule has 26 heavy (non-hydrogen) atoms. The summed E-state index contributed by atoms with van der Waals surface area (Å²) < 4.78 is 1.54. The van der Waals surface area contributed by atoms with E-state index in [0.29, 0.717) is 22.0 Å². The van der Waals surface area contributed by atoms with E-state index < -0.39 is 4.92 Å². The molecule has 0 radical (unpaired) electrons. The minimum atomic E-state index is -0.466. The van der Waals surface area contributed by atoms with E-state index in [0.717, 1.165) is 5.52 Å². The van der Waals surface area contributed by atoms with Gasteiger partial charge < -0.3 is 0 Å². The molecule has 0 amide bonds. The fraction of sp³-hybridized carbons (Fsp3) is 0.0526. The topological polar surface area (TPSA) is 78.0 Å². The summed E-state index contributed by atoms with van der Waals surface area (Å²) in [6.45, 7) is 3.69. The van der Waals surface area contributed by atoms with Crippen molar-refractivity contribution in [2.75, 3.05) is 5.75 Å². The van der Waals surface area contributed by atoms with Crippen LogP contribution in [0.5, 0.6) is 0 Å². The van der Waals surface area contributed by atoms with Crippen LogP contribution in [-0.2, 0) is 0 Å². The number of para-hydroxylation sites is 2. The highest BCUT2D eigenvalue weighted by molar-refractivity contribution is 7.99. The number of non-ortho nitro benzene ring substituents is 1. The van der Waals surface area contributed by atoms with E-state index in [9.17, 15) is 14.9 Å². The maximum Gasteiger partial charge on any atom is 0.270 e. The largest absolute Gasteiger partial charge is 0.270 e. The van der Waals surface area contributed by atoms with E-state index in [4.69, 9.17) is 0 Å². The fourth-order valence-corrected chi connectivity index (χ4v) is 3.18. The summed E-state index contributed by atoms with van der Waals surface area (Å²) in [5.41, 5.74) is 2.01. The van der Waals surface area contributed by atoms with Gasteiger partial charge in [0, 0.05) is 24.0 Å². The Kier molecular flexibility index (Phi) is 5.28. The van der Waals surface area contributed by atoms with Gasteiger partial charge in [0.1, 0.15) is 0 Å². The molecule has 0 unspecified atom stereocenters. The first-order valence-electron chi connectivity index (χ1n) is 7.78. The van der Waals surface area contributed by atoms with Crippen LogP contribution in [0.2, 0.25) is 0 Å². The molecule has 7 heteroatoms. The van der Waals surface area contributed by atoms with Gasteiger partial charge in [0.2, 0.25) is 0 Å². The lowest BCUT2D eigenvalue weighted by atomic mass is 10.2. The molecule has 0 N–H and O–H groups in total. The number of allylic oxidation sites excluding steroid dienone is 1. The van der Waals surface area contributed by atoms with Crippen molar-refractivity contribution in [1.29, 1.82) is 0 Å². The predicted molar refractivity (Wildman–Crippen MR) is 103 cm³/mol. The summed E-state index contributed by atoms with van der Waals surface area (Å²) in [6.07, 6.45) is 4.70. The zero-order valence-corrected chi connectivity index (χ0v) is 14.6. The molecule has 0 spiro atoms. The van der Waals surface area contributed by atoms with Gasteiger partial charge in [-0.3, -0.25) is 19.5 Å². The summed E-state index contributed by atoms with van der Waals surface area (Å²) in [5.74, 6) is 0.363. The number of carbonyl (C=O) groups is 1. The van der Waals surface area contributed by atoms with Crippen molar-refractivity contribution in [2.24, 2.45) is 0 Å². The molecule has 0 atom stereocenters. The Morgan fingerprint density at radius 2 is 2.08 bits per heavy atom. The van der Waals surface area contributed by atoms with Gasteiger partial charge in [-0.15, -0.1) is 6.58 Å². The molecule has 130 valence electrons. The van der Waals surface area contributed by atoms with Crippen molar-refractivity contribution >= 4 is 40.5 Å². The molecule has 0 saturated heterocycles. The number of fused-ring (bicyclic) bond motifs is 1. The number of aromatic nitrogens is 2. The molecule has 0 aliphatic carbocycles. The van der Waals surface area contributed by atoms with Crippen molar-refractivity contribution < 1.29 is 9.72 Å². The maximum absolute atomic E-state index is 12.8. The van der Waals surface area contributed by atoms with Gasteiger partial charge in [0.15, 0.2) is 5.16 Å². The average molecular weight is 365 g/mol. The van der Waals surface area contributed by atoms with Crippen LogP contribution in [0.4, 0.5) is 5.69 Å². The second-order valence-electron chi connectivity index (χ2n) is 5.34. The lowest BCUT2D eigenvalue weighted by Crippen LogP contribution is -2.08. The van der Waals surface area contributed by atoms with Crippen molar-refractivity contribution in [3.8, 4) is 0 Å². The minimum Gasteiger partial charge on any atom is -0.269 e. The SMILES string of the molecule is C=CCSc1nc2ccccc2n1C(=O)/C=C/c1cccc([N+](=O)[O-])c1. The number of hydrogen-bond acceptors (Lipinski definition) is 5. The highest BCUT2D eigenvalue weighted by Gasteiger charge is 2.15. The number of rotatable bonds is 6. The summed E-state index contributed by atoms with van der Waals surface area (Å²) >= 11 is 1.42. The van der Waals surface area contributed by atoms with Crippen LogP contribution in [-0.4, -0.2) is 26.1 Å². The highest BCUT2D eigenvalue weighted by atomic mass is 32.2. The quantitative estimate of drug-likeness (QED) is 0.210. The number of nitrogens with zero attached hydrogens (tertiary/aromatic N) is 3. The lowest BCUT2D eigenvalue weighted by molar-refractivity contribution is -0.384. The molecule has 0 aliphatic rings. The van der Waals surface area contributed by atoms with E-state index >= 15 is 0 Å². The van der Waals surface area contributed by atoms with E-state index in [2.05, 4.69) is 11.6 Å². The minimum absolute atomic E-state index is 0.0186. The fourth-order valence-electron chi connectivity index (χ4n) is 2.43. The van der Waals surface area contributed by atoms with Gasteiger partial charge in [0.05, 0.1) is 16.0 Å².